The third-order valence-electron chi connectivity index (χ3n) is 5.93. The quantitative estimate of drug-likeness (QED) is 0.275. The molecule has 0 spiro atoms. The zero-order valence-electron chi connectivity index (χ0n) is 19.4. The Morgan fingerprint density at radius 2 is 0.750 bits per heavy atom. The van der Waals surface area contributed by atoms with Gasteiger partial charge in [0.2, 0.25) is 0 Å². The standard InChI is InChI=1S/C31H21N5/c1-2-12-32-29(11-1)25-10-4-8-23(18-25)22-7-3-9-24(17-22)26-19-27(30-33-13-5-14-34-30)21-28(20-26)31-35-15-6-16-36-31/h1-21H. The van der Waals surface area contributed by atoms with Crippen molar-refractivity contribution in [2.45, 2.75) is 0 Å². The van der Waals surface area contributed by atoms with E-state index >= 15 is 0 Å². The van der Waals surface area contributed by atoms with E-state index in [9.17, 15) is 0 Å². The first-order valence-electron chi connectivity index (χ1n) is 11.7. The summed E-state index contributed by atoms with van der Waals surface area (Å²) in [5, 5.41) is 0. The predicted molar refractivity (Wildman–Crippen MR) is 143 cm³/mol. The zero-order chi connectivity index (χ0) is 24.2. The molecule has 5 heteroatoms. The second-order valence-corrected chi connectivity index (χ2v) is 8.32. The van der Waals surface area contributed by atoms with Crippen molar-refractivity contribution < 1.29 is 0 Å². The van der Waals surface area contributed by atoms with Crippen LogP contribution in [0.5, 0.6) is 0 Å². The fourth-order valence-electron chi connectivity index (χ4n) is 4.22. The van der Waals surface area contributed by atoms with Gasteiger partial charge in [0.15, 0.2) is 11.6 Å². The monoisotopic (exact) mass is 463 g/mol. The number of hydrogen-bond donors (Lipinski definition) is 0. The van der Waals surface area contributed by atoms with Crippen molar-refractivity contribution in [2.75, 3.05) is 0 Å². The van der Waals surface area contributed by atoms with Crippen LogP contribution < -0.4 is 0 Å². The maximum Gasteiger partial charge on any atom is 0.159 e. The summed E-state index contributed by atoms with van der Waals surface area (Å²) < 4.78 is 0. The minimum Gasteiger partial charge on any atom is -0.256 e. The van der Waals surface area contributed by atoms with Crippen LogP contribution in [0.4, 0.5) is 0 Å². The van der Waals surface area contributed by atoms with Gasteiger partial charge in [-0.3, -0.25) is 4.98 Å². The highest BCUT2D eigenvalue weighted by Crippen LogP contribution is 2.33. The molecule has 0 aliphatic rings. The second-order valence-electron chi connectivity index (χ2n) is 8.32. The molecule has 0 aliphatic carbocycles. The number of aromatic nitrogens is 5. The van der Waals surface area contributed by atoms with Gasteiger partial charge in [-0.2, -0.15) is 0 Å². The summed E-state index contributed by atoms with van der Waals surface area (Å²) in [5.74, 6) is 1.33. The fraction of sp³-hybridized carbons (Fsp3) is 0. The molecular formula is C31H21N5. The van der Waals surface area contributed by atoms with Gasteiger partial charge in [-0.15, -0.1) is 0 Å². The Labute approximate surface area is 209 Å². The first-order valence-corrected chi connectivity index (χ1v) is 11.7. The Bertz CT molecular complexity index is 1560. The van der Waals surface area contributed by atoms with E-state index in [1.807, 2.05) is 42.6 Å². The number of benzene rings is 3. The lowest BCUT2D eigenvalue weighted by Crippen LogP contribution is -1.92. The number of hydrogen-bond acceptors (Lipinski definition) is 5. The molecule has 0 saturated heterocycles. The van der Waals surface area contributed by atoms with Crippen molar-refractivity contribution in [3.05, 3.63) is 128 Å². The van der Waals surface area contributed by atoms with Crippen molar-refractivity contribution in [3.63, 3.8) is 0 Å². The molecule has 3 aromatic heterocycles. The topological polar surface area (TPSA) is 64.5 Å². The number of pyridine rings is 1. The van der Waals surface area contributed by atoms with Crippen molar-refractivity contribution >= 4 is 0 Å². The van der Waals surface area contributed by atoms with E-state index in [-0.39, 0.29) is 0 Å². The van der Waals surface area contributed by atoms with Crippen LogP contribution in [-0.4, -0.2) is 24.9 Å². The lowest BCUT2D eigenvalue weighted by Gasteiger charge is -2.11. The van der Waals surface area contributed by atoms with Crippen molar-refractivity contribution in [3.8, 4) is 56.3 Å². The van der Waals surface area contributed by atoms with Crippen LogP contribution in [-0.2, 0) is 0 Å². The summed E-state index contributed by atoms with van der Waals surface area (Å²) in [5.41, 5.74) is 8.27. The Hall–Kier alpha value is -5.03. The SMILES string of the molecule is c1ccc(-c2cccc(-c3cccc(-c4cc(-c5ncccn5)cc(-c5ncccn5)c4)c3)c2)nc1. The average molecular weight is 464 g/mol. The summed E-state index contributed by atoms with van der Waals surface area (Å²) in [7, 11) is 0. The van der Waals surface area contributed by atoms with Gasteiger partial charge in [0.25, 0.3) is 0 Å². The largest absolute Gasteiger partial charge is 0.256 e. The van der Waals surface area contributed by atoms with Crippen LogP contribution in [0.15, 0.2) is 128 Å². The molecule has 0 atom stereocenters. The molecule has 0 fully saturated rings. The van der Waals surface area contributed by atoms with Gasteiger partial charge < -0.3 is 0 Å². The maximum absolute atomic E-state index is 4.50. The van der Waals surface area contributed by atoms with Crippen molar-refractivity contribution in [1.29, 1.82) is 0 Å². The van der Waals surface area contributed by atoms with Crippen LogP contribution in [0.25, 0.3) is 56.3 Å². The third kappa shape index (κ3) is 4.50. The number of rotatable bonds is 5. The van der Waals surface area contributed by atoms with E-state index in [0.29, 0.717) is 11.6 Å². The van der Waals surface area contributed by atoms with Gasteiger partial charge in [0.1, 0.15) is 0 Å². The molecule has 170 valence electrons. The Morgan fingerprint density at radius 3 is 1.31 bits per heavy atom. The average Bonchev–Trinajstić information content (AvgIpc) is 2.98. The molecule has 5 nitrogen and oxygen atoms in total. The lowest BCUT2D eigenvalue weighted by atomic mass is 9.95. The molecule has 6 aromatic rings. The van der Waals surface area contributed by atoms with Gasteiger partial charge in [-0.25, -0.2) is 19.9 Å². The first-order chi connectivity index (χ1) is 17.8. The normalized spacial score (nSPS) is 10.8. The third-order valence-corrected chi connectivity index (χ3v) is 5.93. The summed E-state index contributed by atoms with van der Waals surface area (Å²) >= 11 is 0. The molecule has 36 heavy (non-hydrogen) atoms. The molecule has 3 heterocycles. The van der Waals surface area contributed by atoms with E-state index in [1.165, 1.54) is 0 Å². The highest BCUT2D eigenvalue weighted by molar-refractivity contribution is 5.81. The van der Waals surface area contributed by atoms with Gasteiger partial charge in [0, 0.05) is 47.7 Å². The molecule has 0 saturated carbocycles. The first kappa shape index (κ1) is 21.5. The second kappa shape index (κ2) is 9.68. The predicted octanol–water partition coefficient (Wildman–Crippen LogP) is 7.00. The smallest absolute Gasteiger partial charge is 0.159 e. The van der Waals surface area contributed by atoms with E-state index in [1.54, 1.807) is 24.8 Å². The molecule has 0 N–H and O–H groups in total. The van der Waals surface area contributed by atoms with E-state index < -0.39 is 0 Å². The zero-order valence-corrected chi connectivity index (χ0v) is 19.4. The summed E-state index contributed by atoms with van der Waals surface area (Å²) in [6, 6.07) is 32.9. The van der Waals surface area contributed by atoms with E-state index in [0.717, 1.165) is 44.6 Å². The molecule has 6 rings (SSSR count). The molecule has 0 amide bonds. The molecular weight excluding hydrogens is 442 g/mol. The van der Waals surface area contributed by atoms with Gasteiger partial charge >= 0.3 is 0 Å². The fourth-order valence-corrected chi connectivity index (χ4v) is 4.22. The minimum absolute atomic E-state index is 0.663. The minimum atomic E-state index is 0.663. The number of nitrogens with zero attached hydrogens (tertiary/aromatic N) is 5. The van der Waals surface area contributed by atoms with Crippen LogP contribution in [0, 0.1) is 0 Å². The Kier molecular flexibility index (Phi) is 5.78. The Morgan fingerprint density at radius 1 is 0.306 bits per heavy atom. The van der Waals surface area contributed by atoms with E-state index in [2.05, 4.69) is 85.6 Å². The highest BCUT2D eigenvalue weighted by Gasteiger charge is 2.11. The van der Waals surface area contributed by atoms with Crippen molar-refractivity contribution in [1.82, 2.24) is 24.9 Å². The van der Waals surface area contributed by atoms with E-state index in [4.69, 9.17) is 0 Å². The maximum atomic E-state index is 4.50. The van der Waals surface area contributed by atoms with Gasteiger partial charge in [0.05, 0.1) is 5.69 Å². The summed E-state index contributed by atoms with van der Waals surface area (Å²) in [4.78, 5) is 22.4. The van der Waals surface area contributed by atoms with Gasteiger partial charge in [-0.05, 0) is 76.9 Å². The summed E-state index contributed by atoms with van der Waals surface area (Å²) in [6.07, 6.45) is 8.83. The molecule has 0 aliphatic heterocycles. The molecule has 0 unspecified atom stereocenters. The van der Waals surface area contributed by atoms with Crippen LogP contribution >= 0.6 is 0 Å². The Balaban J connectivity index is 1.45. The van der Waals surface area contributed by atoms with Crippen LogP contribution in [0.2, 0.25) is 0 Å². The van der Waals surface area contributed by atoms with Gasteiger partial charge in [-0.1, -0.05) is 42.5 Å². The highest BCUT2D eigenvalue weighted by atomic mass is 14.9. The molecule has 0 radical (unpaired) electrons. The molecule has 0 bridgehead atoms. The molecule has 3 aromatic carbocycles. The summed E-state index contributed by atoms with van der Waals surface area (Å²) in [6.45, 7) is 0. The van der Waals surface area contributed by atoms with Crippen LogP contribution in [0.3, 0.4) is 0 Å². The van der Waals surface area contributed by atoms with Crippen molar-refractivity contribution in [2.24, 2.45) is 0 Å². The lowest BCUT2D eigenvalue weighted by molar-refractivity contribution is 1.16. The van der Waals surface area contributed by atoms with Crippen LogP contribution in [0.1, 0.15) is 0 Å².